The Morgan fingerprint density at radius 2 is 0.225 bits per heavy atom. The molecule has 0 saturated heterocycles. The highest BCUT2D eigenvalue weighted by atomic mass is 14.2. The summed E-state index contributed by atoms with van der Waals surface area (Å²) in [6.45, 7) is 9.54. The highest BCUT2D eigenvalue weighted by molar-refractivity contribution is 4.64. The van der Waals surface area contributed by atoms with Gasteiger partial charge in [-0.3, -0.25) is 0 Å². The van der Waals surface area contributed by atoms with Crippen molar-refractivity contribution in [2.24, 2.45) is 11.8 Å². The fourth-order valence-corrected chi connectivity index (χ4v) is 13.9. The third kappa shape index (κ3) is 72.3. The van der Waals surface area contributed by atoms with Crippen LogP contribution >= 0.6 is 0 Å². The van der Waals surface area contributed by atoms with Gasteiger partial charge in [-0.25, -0.2) is 0 Å². The molecule has 0 bridgehead atoms. The van der Waals surface area contributed by atoms with Crippen LogP contribution in [0.3, 0.4) is 0 Å². The van der Waals surface area contributed by atoms with Crippen molar-refractivity contribution >= 4 is 0 Å². The molecule has 0 aliphatic heterocycles. The lowest BCUT2D eigenvalue weighted by Gasteiger charge is -2.18. The summed E-state index contributed by atoms with van der Waals surface area (Å²) >= 11 is 0. The lowest BCUT2D eigenvalue weighted by Crippen LogP contribution is -2.02. The summed E-state index contributed by atoms with van der Waals surface area (Å²) in [7, 11) is 0. The van der Waals surface area contributed by atoms with Crippen LogP contribution in [0.1, 0.15) is 503 Å². The first-order valence-electron chi connectivity index (χ1n) is 39.7. The van der Waals surface area contributed by atoms with Crippen molar-refractivity contribution in [2.75, 3.05) is 0 Å². The fraction of sp³-hybridized carbons (Fsp3) is 1.00. The lowest BCUT2D eigenvalue weighted by atomic mass is 9.88. The van der Waals surface area contributed by atoms with E-state index in [0.717, 1.165) is 11.8 Å². The SMILES string of the molecule is CCCCCCCCCCCCCCCCCCCCCCCCCCCC(CCCCCCCCCCCCCCCCCCCCCCCCC)CCCCC(C)CCCCCCCCCCCCCCCCCCCCC. The summed E-state index contributed by atoms with van der Waals surface area (Å²) < 4.78 is 0. The van der Waals surface area contributed by atoms with Crippen molar-refractivity contribution in [3.8, 4) is 0 Å². The van der Waals surface area contributed by atoms with Crippen LogP contribution in [0, 0.1) is 11.8 Å². The van der Waals surface area contributed by atoms with Crippen molar-refractivity contribution in [2.45, 2.75) is 503 Å². The minimum absolute atomic E-state index is 0.946. The normalized spacial score (nSPS) is 12.6. The molecule has 80 heavy (non-hydrogen) atoms. The third-order valence-electron chi connectivity index (χ3n) is 19.8. The van der Waals surface area contributed by atoms with Crippen molar-refractivity contribution in [3.05, 3.63) is 0 Å². The smallest absolute Gasteiger partial charge is 0.0414 e. The zero-order valence-electron chi connectivity index (χ0n) is 57.5. The Kier molecular flexibility index (Phi) is 75.1. The van der Waals surface area contributed by atoms with E-state index in [4.69, 9.17) is 0 Å². The Balaban J connectivity index is 4.07. The van der Waals surface area contributed by atoms with Crippen LogP contribution in [0.2, 0.25) is 0 Å². The molecule has 0 N–H and O–H groups in total. The Morgan fingerprint density at radius 3 is 0.375 bits per heavy atom. The summed E-state index contributed by atoms with van der Waals surface area (Å²) in [5.74, 6) is 1.96. The summed E-state index contributed by atoms with van der Waals surface area (Å²) in [4.78, 5) is 0. The Bertz CT molecular complexity index is 1010. The predicted molar refractivity (Wildman–Crippen MR) is 371 cm³/mol. The monoisotopic (exact) mass is 1120 g/mol. The zero-order valence-corrected chi connectivity index (χ0v) is 57.5. The van der Waals surface area contributed by atoms with Gasteiger partial charge in [-0.2, -0.15) is 0 Å². The van der Waals surface area contributed by atoms with E-state index in [9.17, 15) is 0 Å². The number of hydrogen-bond donors (Lipinski definition) is 0. The number of rotatable bonds is 75. The van der Waals surface area contributed by atoms with E-state index in [1.165, 1.54) is 475 Å². The highest BCUT2D eigenvalue weighted by Crippen LogP contribution is 2.27. The van der Waals surface area contributed by atoms with Crippen LogP contribution in [-0.4, -0.2) is 0 Å². The molecule has 2 atom stereocenters. The van der Waals surface area contributed by atoms with Crippen molar-refractivity contribution < 1.29 is 0 Å². The molecule has 0 rings (SSSR count). The van der Waals surface area contributed by atoms with Crippen LogP contribution in [-0.2, 0) is 0 Å². The quantitative estimate of drug-likeness (QED) is 0.0533. The molecule has 0 spiro atoms. The van der Waals surface area contributed by atoms with Gasteiger partial charge in [-0.05, 0) is 11.8 Å². The maximum absolute atomic E-state index is 2.58. The van der Waals surface area contributed by atoms with E-state index in [2.05, 4.69) is 27.7 Å². The number of hydrogen-bond acceptors (Lipinski definition) is 0. The molecule has 0 aliphatic carbocycles. The van der Waals surface area contributed by atoms with Crippen molar-refractivity contribution in [3.63, 3.8) is 0 Å². The van der Waals surface area contributed by atoms with Gasteiger partial charge in [-0.1, -0.05) is 503 Å². The molecule has 0 heterocycles. The third-order valence-corrected chi connectivity index (χ3v) is 19.8. The van der Waals surface area contributed by atoms with Gasteiger partial charge in [0.25, 0.3) is 0 Å². The summed E-state index contributed by atoms with van der Waals surface area (Å²) in [5.41, 5.74) is 0. The van der Waals surface area contributed by atoms with Gasteiger partial charge in [-0.15, -0.1) is 0 Å². The maximum Gasteiger partial charge on any atom is -0.0414 e. The minimum atomic E-state index is 0.946. The van der Waals surface area contributed by atoms with Gasteiger partial charge in [0.05, 0.1) is 0 Å². The van der Waals surface area contributed by atoms with Crippen LogP contribution in [0.5, 0.6) is 0 Å². The second kappa shape index (κ2) is 75.1. The van der Waals surface area contributed by atoms with Crippen LogP contribution in [0.15, 0.2) is 0 Å². The number of unbranched alkanes of at least 4 members (excludes halogenated alkanes) is 65. The average Bonchev–Trinajstić information content (AvgIpc) is 3.46. The summed E-state index contributed by atoms with van der Waals surface area (Å²) in [6.07, 6.45) is 110. The molecule has 0 aromatic heterocycles. The molecule has 0 fully saturated rings. The average molecular weight is 1120 g/mol. The van der Waals surface area contributed by atoms with Crippen LogP contribution < -0.4 is 0 Å². The molecule has 0 saturated carbocycles. The van der Waals surface area contributed by atoms with Gasteiger partial charge >= 0.3 is 0 Å². The maximum atomic E-state index is 2.58. The lowest BCUT2D eigenvalue weighted by molar-refractivity contribution is 0.355. The Hall–Kier alpha value is 0. The van der Waals surface area contributed by atoms with Gasteiger partial charge in [0, 0.05) is 0 Å². The molecular weight excluding hydrogens is 961 g/mol. The highest BCUT2D eigenvalue weighted by Gasteiger charge is 2.11. The van der Waals surface area contributed by atoms with Crippen LogP contribution in [0.4, 0.5) is 0 Å². The molecule has 0 aromatic carbocycles. The predicted octanol–water partition coefficient (Wildman–Crippen LogP) is 31.2. The second-order valence-electron chi connectivity index (χ2n) is 28.2. The van der Waals surface area contributed by atoms with E-state index >= 15 is 0 Å². The molecule has 482 valence electrons. The summed E-state index contributed by atoms with van der Waals surface area (Å²) in [6, 6.07) is 0. The molecule has 0 radical (unpaired) electrons. The Labute approximate surface area is 512 Å². The van der Waals surface area contributed by atoms with E-state index in [1.54, 1.807) is 0 Å². The molecule has 0 nitrogen and oxygen atoms in total. The van der Waals surface area contributed by atoms with Gasteiger partial charge in [0.2, 0.25) is 0 Å². The molecule has 0 amide bonds. The first-order chi connectivity index (χ1) is 39.7. The minimum Gasteiger partial charge on any atom is -0.0654 e. The fourth-order valence-electron chi connectivity index (χ4n) is 13.9. The largest absolute Gasteiger partial charge is 0.0654 e. The molecule has 2 unspecified atom stereocenters. The second-order valence-corrected chi connectivity index (χ2v) is 28.2. The topological polar surface area (TPSA) is 0 Å². The van der Waals surface area contributed by atoms with Crippen molar-refractivity contribution in [1.82, 2.24) is 0 Å². The molecule has 0 aromatic rings. The summed E-state index contributed by atoms with van der Waals surface area (Å²) in [5, 5.41) is 0. The molecular formula is C80H162. The van der Waals surface area contributed by atoms with E-state index in [-0.39, 0.29) is 0 Å². The standard InChI is InChI=1S/C80H162/c1-5-8-11-14-17-20-23-26-29-32-35-37-39-40-42-44-47-50-53-56-59-62-65-68-71-77-80(76-70-67-64-61-58-55-52-49-46-43-41-38-36-33-30-27-24-21-18-15-12-9-6-2)78-73-72-75-79(4)74-69-66-63-60-57-54-51-48-45-34-31-28-25-22-19-16-13-10-7-3/h79-80H,5-78H2,1-4H3. The van der Waals surface area contributed by atoms with Gasteiger partial charge in [0.15, 0.2) is 0 Å². The van der Waals surface area contributed by atoms with Gasteiger partial charge in [0.1, 0.15) is 0 Å². The first kappa shape index (κ1) is 80.0. The van der Waals surface area contributed by atoms with Gasteiger partial charge < -0.3 is 0 Å². The van der Waals surface area contributed by atoms with Crippen LogP contribution in [0.25, 0.3) is 0 Å². The zero-order chi connectivity index (χ0) is 57.5. The molecule has 0 aliphatic rings. The first-order valence-corrected chi connectivity index (χ1v) is 39.7. The van der Waals surface area contributed by atoms with E-state index in [1.807, 2.05) is 0 Å². The molecule has 0 heteroatoms. The van der Waals surface area contributed by atoms with E-state index in [0.29, 0.717) is 0 Å². The Morgan fingerprint density at radius 1 is 0.125 bits per heavy atom. The van der Waals surface area contributed by atoms with Crippen molar-refractivity contribution in [1.29, 1.82) is 0 Å². The van der Waals surface area contributed by atoms with E-state index < -0.39 is 0 Å².